The minimum absolute atomic E-state index is 0.207. The minimum Gasteiger partial charge on any atom is -0.494 e. The summed E-state index contributed by atoms with van der Waals surface area (Å²) in [6.45, 7) is 5.47. The molecule has 0 aliphatic heterocycles. The number of carbonyl (C=O) groups is 4. The van der Waals surface area contributed by atoms with Crippen LogP contribution in [0.3, 0.4) is 0 Å². The molecule has 1 amide bonds. The average molecular weight is 518 g/mol. The zero-order valence-corrected chi connectivity index (χ0v) is 20.8. The number of hydrogen-bond acceptors (Lipinski definition) is 8. The smallest absolute Gasteiger partial charge is 0.343 e. The van der Waals surface area contributed by atoms with Gasteiger partial charge in [-0.3, -0.25) is 4.79 Å². The second-order valence-corrected chi connectivity index (χ2v) is 7.96. The lowest BCUT2D eigenvalue weighted by Crippen LogP contribution is -2.10. The van der Waals surface area contributed by atoms with E-state index in [1.807, 2.05) is 0 Å². The molecule has 0 fully saturated rings. The standard InChI is InChI=1S/C29H27NO8/c1-3-27(32)36-19-5-4-18-35-24-12-8-22(9-13-24)29(34)38-26-16-14-25(15-17-26)37-28(33)21-6-10-23(11-7-21)30-20(2)31/h3,6-17H,1,4-5,18-19H2,2H3,(H,30,31). The van der Waals surface area contributed by atoms with E-state index in [2.05, 4.69) is 11.9 Å². The van der Waals surface area contributed by atoms with Crippen molar-refractivity contribution in [3.05, 3.63) is 96.6 Å². The summed E-state index contributed by atoms with van der Waals surface area (Å²) in [4.78, 5) is 46.9. The molecule has 0 unspecified atom stereocenters. The number of amides is 1. The van der Waals surface area contributed by atoms with Crippen LogP contribution in [0.5, 0.6) is 17.2 Å². The summed E-state index contributed by atoms with van der Waals surface area (Å²) < 4.78 is 21.2. The maximum Gasteiger partial charge on any atom is 0.343 e. The van der Waals surface area contributed by atoms with Gasteiger partial charge in [0.2, 0.25) is 5.91 Å². The van der Waals surface area contributed by atoms with Crippen molar-refractivity contribution < 1.29 is 38.1 Å². The second-order valence-electron chi connectivity index (χ2n) is 7.96. The van der Waals surface area contributed by atoms with Crippen molar-refractivity contribution in [3.63, 3.8) is 0 Å². The largest absolute Gasteiger partial charge is 0.494 e. The Morgan fingerprint density at radius 1 is 0.711 bits per heavy atom. The summed E-state index contributed by atoms with van der Waals surface area (Å²) in [6.07, 6.45) is 2.48. The molecule has 0 aliphatic carbocycles. The molecule has 0 heterocycles. The minimum atomic E-state index is -0.567. The topological polar surface area (TPSA) is 117 Å². The molecule has 9 nitrogen and oxygen atoms in total. The van der Waals surface area contributed by atoms with Crippen LogP contribution in [0.4, 0.5) is 5.69 Å². The molecule has 1 N–H and O–H groups in total. The van der Waals surface area contributed by atoms with E-state index in [4.69, 9.17) is 18.9 Å². The molecular formula is C29H27NO8. The van der Waals surface area contributed by atoms with E-state index in [0.717, 1.165) is 6.08 Å². The predicted molar refractivity (Wildman–Crippen MR) is 139 cm³/mol. The lowest BCUT2D eigenvalue weighted by molar-refractivity contribution is -0.137. The molecule has 38 heavy (non-hydrogen) atoms. The number of rotatable bonds is 12. The number of hydrogen-bond donors (Lipinski definition) is 1. The van der Waals surface area contributed by atoms with Crippen molar-refractivity contribution in [1.82, 2.24) is 0 Å². The normalized spacial score (nSPS) is 10.1. The van der Waals surface area contributed by atoms with E-state index in [0.29, 0.717) is 48.6 Å². The summed E-state index contributed by atoms with van der Waals surface area (Å²) >= 11 is 0. The molecule has 0 aliphatic rings. The van der Waals surface area contributed by atoms with Crippen molar-refractivity contribution >= 4 is 29.5 Å². The molecule has 3 rings (SSSR count). The molecule has 0 aromatic heterocycles. The fourth-order valence-electron chi connectivity index (χ4n) is 3.11. The average Bonchev–Trinajstić information content (AvgIpc) is 2.92. The molecule has 0 spiro atoms. The number of unbranched alkanes of at least 4 members (excludes halogenated alkanes) is 1. The lowest BCUT2D eigenvalue weighted by atomic mass is 10.2. The van der Waals surface area contributed by atoms with Crippen LogP contribution in [0.15, 0.2) is 85.5 Å². The maximum atomic E-state index is 12.5. The summed E-state index contributed by atoms with van der Waals surface area (Å²) in [7, 11) is 0. The second kappa shape index (κ2) is 14.0. The molecule has 0 atom stereocenters. The van der Waals surface area contributed by atoms with Gasteiger partial charge in [0.05, 0.1) is 24.3 Å². The number of ether oxygens (including phenoxy) is 4. The van der Waals surface area contributed by atoms with Gasteiger partial charge in [-0.25, -0.2) is 14.4 Å². The SMILES string of the molecule is C=CC(=O)OCCCCOc1ccc(C(=O)Oc2ccc(OC(=O)c3ccc(NC(C)=O)cc3)cc2)cc1. The van der Waals surface area contributed by atoms with Crippen molar-refractivity contribution in [2.75, 3.05) is 18.5 Å². The first kappa shape index (κ1) is 27.7. The van der Waals surface area contributed by atoms with Crippen LogP contribution in [0.25, 0.3) is 0 Å². The Balaban J connectivity index is 1.44. The van der Waals surface area contributed by atoms with Crippen LogP contribution < -0.4 is 19.5 Å². The Morgan fingerprint density at radius 3 is 1.68 bits per heavy atom. The Morgan fingerprint density at radius 2 is 1.18 bits per heavy atom. The summed E-state index contributed by atoms with van der Waals surface area (Å²) in [5.74, 6) is -0.613. The highest BCUT2D eigenvalue weighted by atomic mass is 16.5. The van der Waals surface area contributed by atoms with Crippen LogP contribution >= 0.6 is 0 Å². The Bertz CT molecular complexity index is 1270. The first-order valence-electron chi connectivity index (χ1n) is 11.8. The van der Waals surface area contributed by atoms with E-state index >= 15 is 0 Å². The molecule has 3 aromatic carbocycles. The van der Waals surface area contributed by atoms with E-state index in [1.54, 1.807) is 48.5 Å². The highest BCUT2D eigenvalue weighted by Crippen LogP contribution is 2.21. The number of benzene rings is 3. The molecule has 196 valence electrons. The lowest BCUT2D eigenvalue weighted by Gasteiger charge is -2.09. The van der Waals surface area contributed by atoms with Crippen molar-refractivity contribution in [2.45, 2.75) is 19.8 Å². The van der Waals surface area contributed by atoms with Gasteiger partial charge in [0, 0.05) is 18.7 Å². The van der Waals surface area contributed by atoms with E-state index in [1.165, 1.54) is 31.2 Å². The van der Waals surface area contributed by atoms with Crippen LogP contribution in [-0.4, -0.2) is 37.0 Å². The first-order chi connectivity index (χ1) is 18.3. The number of anilines is 1. The molecule has 0 radical (unpaired) electrons. The van der Waals surface area contributed by atoms with Crippen LogP contribution in [0.2, 0.25) is 0 Å². The predicted octanol–water partition coefficient (Wildman–Crippen LogP) is 4.97. The quantitative estimate of drug-likeness (QED) is 0.155. The summed E-state index contributed by atoms with van der Waals surface area (Å²) in [6, 6.07) is 18.9. The Hall–Kier alpha value is -4.92. The highest BCUT2D eigenvalue weighted by Gasteiger charge is 2.12. The zero-order valence-electron chi connectivity index (χ0n) is 20.8. The van der Waals surface area contributed by atoms with Crippen LogP contribution in [0.1, 0.15) is 40.5 Å². The number of esters is 3. The molecule has 0 saturated heterocycles. The van der Waals surface area contributed by atoms with Gasteiger partial charge in [-0.2, -0.15) is 0 Å². The van der Waals surface area contributed by atoms with Gasteiger partial charge in [-0.05, 0) is 85.6 Å². The third-order valence-corrected chi connectivity index (χ3v) is 4.99. The zero-order chi connectivity index (χ0) is 27.3. The fraction of sp³-hybridized carbons (Fsp3) is 0.172. The van der Waals surface area contributed by atoms with Gasteiger partial charge < -0.3 is 24.3 Å². The number of carbonyl (C=O) groups excluding carboxylic acids is 4. The van der Waals surface area contributed by atoms with Gasteiger partial charge in [0.1, 0.15) is 17.2 Å². The van der Waals surface area contributed by atoms with Crippen molar-refractivity contribution in [2.24, 2.45) is 0 Å². The van der Waals surface area contributed by atoms with Gasteiger partial charge in [0.25, 0.3) is 0 Å². The van der Waals surface area contributed by atoms with Crippen LogP contribution in [0, 0.1) is 0 Å². The van der Waals surface area contributed by atoms with Crippen molar-refractivity contribution in [1.29, 1.82) is 0 Å². The van der Waals surface area contributed by atoms with Crippen LogP contribution in [-0.2, 0) is 14.3 Å². The van der Waals surface area contributed by atoms with E-state index in [9.17, 15) is 19.2 Å². The Kier molecular flexibility index (Phi) is 10.2. The van der Waals surface area contributed by atoms with Gasteiger partial charge in [-0.1, -0.05) is 6.58 Å². The molecular weight excluding hydrogens is 490 g/mol. The summed E-state index contributed by atoms with van der Waals surface area (Å²) in [5.41, 5.74) is 1.23. The maximum absolute atomic E-state index is 12.5. The molecule has 3 aromatic rings. The summed E-state index contributed by atoms with van der Waals surface area (Å²) in [5, 5.41) is 2.62. The Labute approximate surface area is 220 Å². The monoisotopic (exact) mass is 517 g/mol. The molecule has 0 saturated carbocycles. The number of nitrogens with one attached hydrogen (secondary N) is 1. The van der Waals surface area contributed by atoms with Gasteiger partial charge in [0.15, 0.2) is 0 Å². The fourth-order valence-corrected chi connectivity index (χ4v) is 3.11. The first-order valence-corrected chi connectivity index (χ1v) is 11.8. The van der Waals surface area contributed by atoms with Gasteiger partial charge >= 0.3 is 17.9 Å². The third-order valence-electron chi connectivity index (χ3n) is 4.99. The van der Waals surface area contributed by atoms with Crippen molar-refractivity contribution in [3.8, 4) is 17.2 Å². The third kappa shape index (κ3) is 8.94. The van der Waals surface area contributed by atoms with Gasteiger partial charge in [-0.15, -0.1) is 0 Å². The van der Waals surface area contributed by atoms with E-state index in [-0.39, 0.29) is 17.4 Å². The molecule has 0 bridgehead atoms. The molecule has 9 heteroatoms. The van der Waals surface area contributed by atoms with E-state index < -0.39 is 17.9 Å². The highest BCUT2D eigenvalue weighted by molar-refractivity contribution is 5.93.